The van der Waals surface area contributed by atoms with Crippen LogP contribution in [0.15, 0.2) is 60.7 Å². The lowest BCUT2D eigenvalue weighted by Crippen LogP contribution is -2.43. The highest BCUT2D eigenvalue weighted by molar-refractivity contribution is 7.54. The van der Waals surface area contributed by atoms with Crippen molar-refractivity contribution in [1.82, 2.24) is 0 Å². The lowest BCUT2D eigenvalue weighted by molar-refractivity contribution is 0.188. The maximum atomic E-state index is 14.0. The molecule has 3 nitrogen and oxygen atoms in total. The summed E-state index contributed by atoms with van der Waals surface area (Å²) < 4.78 is 25.9. The zero-order valence-corrected chi connectivity index (χ0v) is 22.6. The number of hydrogen-bond acceptors (Lipinski definition) is 3. The SMILES string of the molecule is CC(C)[Si](C#C[C@@H](C)P(=O)(OCc1ccccc1)OCc1ccccc1)(C(C)C)C(C)C. The van der Waals surface area contributed by atoms with Gasteiger partial charge >= 0.3 is 7.60 Å². The molecule has 5 heteroatoms. The van der Waals surface area contributed by atoms with E-state index in [4.69, 9.17) is 9.05 Å². The van der Waals surface area contributed by atoms with Crippen molar-refractivity contribution in [1.29, 1.82) is 0 Å². The van der Waals surface area contributed by atoms with Gasteiger partial charge in [0.15, 0.2) is 0 Å². The zero-order valence-electron chi connectivity index (χ0n) is 20.7. The van der Waals surface area contributed by atoms with Crippen molar-refractivity contribution in [3.8, 4) is 11.5 Å². The minimum Gasteiger partial charge on any atom is -0.303 e. The molecule has 0 spiro atoms. The second-order valence-electron chi connectivity index (χ2n) is 9.40. The Kier molecular flexibility index (Phi) is 9.99. The molecule has 2 aromatic carbocycles. The molecule has 0 unspecified atom stereocenters. The van der Waals surface area contributed by atoms with Crippen LogP contribution in [-0.4, -0.2) is 13.7 Å². The summed E-state index contributed by atoms with van der Waals surface area (Å²) in [5, 5.41) is 0. The summed E-state index contributed by atoms with van der Waals surface area (Å²) in [6.45, 7) is 16.0. The third-order valence-electron chi connectivity index (χ3n) is 6.35. The first-order valence-electron chi connectivity index (χ1n) is 11.6. The molecular weight excluding hydrogens is 431 g/mol. The highest BCUT2D eigenvalue weighted by atomic mass is 31.2. The van der Waals surface area contributed by atoms with Gasteiger partial charge in [0.05, 0.1) is 13.2 Å². The van der Waals surface area contributed by atoms with Crippen LogP contribution in [0.2, 0.25) is 16.6 Å². The largest absolute Gasteiger partial charge is 0.345 e. The molecule has 0 bridgehead atoms. The fraction of sp³-hybridized carbons (Fsp3) is 0.481. The van der Waals surface area contributed by atoms with E-state index in [-0.39, 0.29) is 13.2 Å². The van der Waals surface area contributed by atoms with Crippen LogP contribution in [0, 0.1) is 11.5 Å². The molecule has 0 amide bonds. The molecule has 0 aliphatic rings. The van der Waals surface area contributed by atoms with Crippen LogP contribution in [0.3, 0.4) is 0 Å². The summed E-state index contributed by atoms with van der Waals surface area (Å²) in [4.78, 5) is 0. The van der Waals surface area contributed by atoms with E-state index < -0.39 is 21.3 Å². The van der Waals surface area contributed by atoms with Crippen molar-refractivity contribution < 1.29 is 13.6 Å². The van der Waals surface area contributed by atoms with E-state index in [0.717, 1.165) is 11.1 Å². The van der Waals surface area contributed by atoms with Gasteiger partial charge in [-0.15, -0.1) is 5.54 Å². The Morgan fingerprint density at radius 2 is 1.09 bits per heavy atom. The predicted molar refractivity (Wildman–Crippen MR) is 138 cm³/mol. The van der Waals surface area contributed by atoms with Crippen molar-refractivity contribution in [2.75, 3.05) is 0 Å². The molecule has 0 heterocycles. The lowest BCUT2D eigenvalue weighted by Gasteiger charge is -2.38. The predicted octanol–water partition coefficient (Wildman–Crippen LogP) is 8.22. The van der Waals surface area contributed by atoms with Gasteiger partial charge in [0, 0.05) is 0 Å². The van der Waals surface area contributed by atoms with E-state index in [2.05, 4.69) is 53.0 Å². The van der Waals surface area contributed by atoms with Crippen LogP contribution in [-0.2, 0) is 26.8 Å². The van der Waals surface area contributed by atoms with Crippen LogP contribution in [0.25, 0.3) is 0 Å². The zero-order chi connectivity index (χ0) is 23.8. The molecule has 32 heavy (non-hydrogen) atoms. The topological polar surface area (TPSA) is 35.5 Å². The van der Waals surface area contributed by atoms with Crippen LogP contribution >= 0.6 is 7.60 Å². The van der Waals surface area contributed by atoms with Gasteiger partial charge in [-0.3, -0.25) is 4.57 Å². The first-order valence-corrected chi connectivity index (χ1v) is 15.5. The Balaban J connectivity index is 2.33. The van der Waals surface area contributed by atoms with Crippen LogP contribution in [0.5, 0.6) is 0 Å². The number of benzene rings is 2. The molecule has 1 atom stereocenters. The number of hydrogen-bond donors (Lipinski definition) is 0. The quantitative estimate of drug-likeness (QED) is 0.199. The Morgan fingerprint density at radius 1 is 0.719 bits per heavy atom. The van der Waals surface area contributed by atoms with E-state index in [1.54, 1.807) is 0 Å². The van der Waals surface area contributed by atoms with E-state index in [0.29, 0.717) is 16.6 Å². The van der Waals surface area contributed by atoms with Crippen LogP contribution in [0.1, 0.15) is 59.6 Å². The monoisotopic (exact) mass is 470 g/mol. The molecular formula is C27H39O3PSi. The maximum Gasteiger partial charge on any atom is 0.345 e. The van der Waals surface area contributed by atoms with E-state index in [1.165, 1.54) is 0 Å². The molecule has 0 saturated carbocycles. The highest BCUT2D eigenvalue weighted by Crippen LogP contribution is 2.54. The molecule has 174 valence electrons. The Morgan fingerprint density at radius 3 is 1.44 bits per heavy atom. The second kappa shape index (κ2) is 12.0. The van der Waals surface area contributed by atoms with Crippen LogP contribution < -0.4 is 0 Å². The fourth-order valence-electron chi connectivity index (χ4n) is 4.48. The molecule has 2 aromatic rings. The summed E-state index contributed by atoms with van der Waals surface area (Å²) >= 11 is 0. The minimum absolute atomic E-state index is 0.236. The van der Waals surface area contributed by atoms with Gasteiger partial charge in [-0.1, -0.05) is 108 Å². The first-order chi connectivity index (χ1) is 15.1. The summed E-state index contributed by atoms with van der Waals surface area (Å²) in [7, 11) is -5.41. The summed E-state index contributed by atoms with van der Waals surface area (Å²) in [6, 6.07) is 19.6. The van der Waals surface area contributed by atoms with E-state index in [1.807, 2.05) is 67.6 Å². The Labute approximate surface area is 196 Å². The molecule has 0 aliphatic carbocycles. The third-order valence-corrected chi connectivity index (χ3v) is 14.7. The van der Waals surface area contributed by atoms with Gasteiger partial charge < -0.3 is 9.05 Å². The number of rotatable bonds is 10. The Hall–Kier alpha value is -1.63. The van der Waals surface area contributed by atoms with Crippen molar-refractivity contribution in [3.05, 3.63) is 71.8 Å². The van der Waals surface area contributed by atoms with Gasteiger partial charge in [-0.2, -0.15) is 0 Å². The van der Waals surface area contributed by atoms with Gasteiger partial charge in [-0.05, 0) is 34.7 Å². The molecule has 0 N–H and O–H groups in total. The van der Waals surface area contributed by atoms with Crippen LogP contribution in [0.4, 0.5) is 0 Å². The van der Waals surface area contributed by atoms with E-state index >= 15 is 0 Å². The third kappa shape index (κ3) is 6.69. The van der Waals surface area contributed by atoms with Gasteiger partial charge in [-0.25, -0.2) is 0 Å². The van der Waals surface area contributed by atoms with Gasteiger partial charge in [0.2, 0.25) is 0 Å². The maximum absolute atomic E-state index is 14.0. The highest BCUT2D eigenvalue weighted by Gasteiger charge is 2.42. The smallest absolute Gasteiger partial charge is 0.303 e. The lowest BCUT2D eigenvalue weighted by atomic mass is 10.2. The van der Waals surface area contributed by atoms with Crippen molar-refractivity contribution in [3.63, 3.8) is 0 Å². The van der Waals surface area contributed by atoms with Crippen molar-refractivity contribution >= 4 is 15.7 Å². The molecule has 0 saturated heterocycles. The first kappa shape index (κ1) is 26.6. The molecule has 0 aromatic heterocycles. The second-order valence-corrected chi connectivity index (χ2v) is 17.4. The van der Waals surface area contributed by atoms with Gasteiger partial charge in [0.1, 0.15) is 13.7 Å². The van der Waals surface area contributed by atoms with E-state index in [9.17, 15) is 4.57 Å². The average Bonchev–Trinajstić information content (AvgIpc) is 2.77. The van der Waals surface area contributed by atoms with Gasteiger partial charge in [0.25, 0.3) is 0 Å². The fourth-order valence-corrected chi connectivity index (χ4v) is 11.3. The summed E-state index contributed by atoms with van der Waals surface area (Å²) in [6.07, 6.45) is 0. The summed E-state index contributed by atoms with van der Waals surface area (Å²) in [5.74, 6) is 3.38. The molecule has 2 rings (SSSR count). The molecule has 0 aliphatic heterocycles. The normalized spacial score (nSPS) is 13.3. The average molecular weight is 471 g/mol. The molecule has 0 radical (unpaired) electrons. The van der Waals surface area contributed by atoms with Crippen molar-refractivity contribution in [2.24, 2.45) is 0 Å². The Bertz CT molecular complexity index is 860. The standard InChI is InChI=1S/C27H39O3PSi/c1-22(2)32(23(3)4,24(5)6)19-18-25(7)31(28,29-20-26-14-10-8-11-15-26)30-21-27-16-12-9-13-17-27/h8-17,22-25H,20-21H2,1-7H3/t25-/m1/s1. The summed E-state index contributed by atoms with van der Waals surface area (Å²) in [5.41, 5.74) is 6.65. The molecule has 0 fully saturated rings. The minimum atomic E-state index is -3.47. The van der Waals surface area contributed by atoms with Crippen molar-refractivity contribution in [2.45, 2.75) is 84.0 Å².